The van der Waals surface area contributed by atoms with Crippen molar-refractivity contribution < 1.29 is 8.42 Å². The van der Waals surface area contributed by atoms with Gasteiger partial charge in [-0.15, -0.1) is 0 Å². The van der Waals surface area contributed by atoms with Crippen LogP contribution in [0.2, 0.25) is 0 Å². The van der Waals surface area contributed by atoms with E-state index in [0.717, 1.165) is 30.2 Å². The van der Waals surface area contributed by atoms with Gasteiger partial charge in [-0.1, -0.05) is 0 Å². The molecule has 1 N–H and O–H groups in total. The summed E-state index contributed by atoms with van der Waals surface area (Å²) in [7, 11) is -3.27. The average Bonchev–Trinajstić information content (AvgIpc) is 2.03. The smallest absolute Gasteiger partial charge is 0.229 e. The van der Waals surface area contributed by atoms with Crippen molar-refractivity contribution in [2.24, 2.45) is 0 Å². The molecule has 1 aromatic heterocycles. The summed E-state index contributed by atoms with van der Waals surface area (Å²) >= 11 is 3.28. The molecule has 0 aliphatic carbocycles. The molecule has 2 rings (SSSR count). The van der Waals surface area contributed by atoms with E-state index in [1.807, 2.05) is 4.90 Å². The molecule has 2 heterocycles. The van der Waals surface area contributed by atoms with Gasteiger partial charge in [0.15, 0.2) is 5.82 Å². The van der Waals surface area contributed by atoms with E-state index >= 15 is 0 Å². The Morgan fingerprint density at radius 1 is 1.50 bits per heavy atom. The van der Waals surface area contributed by atoms with Crippen molar-refractivity contribution in [3.05, 3.63) is 16.7 Å². The standard InChI is InChI=1S/C9H12BrN3O2S/c1-16(14,15)12-8-5-7(10)6-11-9(8)13-3-2-4-13/h5-6,12H,2-4H2,1H3. The maximum absolute atomic E-state index is 11.2. The number of sulfonamides is 1. The molecule has 0 aromatic carbocycles. The number of hydrogen-bond acceptors (Lipinski definition) is 4. The van der Waals surface area contributed by atoms with Crippen LogP contribution in [-0.2, 0) is 10.0 Å². The monoisotopic (exact) mass is 305 g/mol. The molecule has 1 saturated heterocycles. The Labute approximate surface area is 103 Å². The molecule has 0 unspecified atom stereocenters. The summed E-state index contributed by atoms with van der Waals surface area (Å²) in [6.07, 6.45) is 3.92. The molecular weight excluding hydrogens is 294 g/mol. The van der Waals surface area contributed by atoms with Gasteiger partial charge < -0.3 is 4.90 Å². The van der Waals surface area contributed by atoms with E-state index in [4.69, 9.17) is 0 Å². The van der Waals surface area contributed by atoms with E-state index in [-0.39, 0.29) is 0 Å². The average molecular weight is 306 g/mol. The van der Waals surface area contributed by atoms with Crippen LogP contribution in [0, 0.1) is 0 Å². The van der Waals surface area contributed by atoms with E-state index in [0.29, 0.717) is 11.5 Å². The molecule has 0 bridgehead atoms. The van der Waals surface area contributed by atoms with Crippen LogP contribution < -0.4 is 9.62 Å². The molecule has 16 heavy (non-hydrogen) atoms. The maximum Gasteiger partial charge on any atom is 0.229 e. The van der Waals surface area contributed by atoms with Gasteiger partial charge in [0.25, 0.3) is 0 Å². The van der Waals surface area contributed by atoms with Gasteiger partial charge in [-0.2, -0.15) is 0 Å². The number of aromatic nitrogens is 1. The van der Waals surface area contributed by atoms with Crippen LogP contribution in [0.15, 0.2) is 16.7 Å². The van der Waals surface area contributed by atoms with Gasteiger partial charge >= 0.3 is 0 Å². The van der Waals surface area contributed by atoms with E-state index in [2.05, 4.69) is 25.6 Å². The lowest BCUT2D eigenvalue weighted by Crippen LogP contribution is -2.38. The van der Waals surface area contributed by atoms with Gasteiger partial charge in [0.05, 0.1) is 11.9 Å². The van der Waals surface area contributed by atoms with Crippen LogP contribution in [-0.4, -0.2) is 32.7 Å². The number of nitrogens with zero attached hydrogens (tertiary/aromatic N) is 2. The molecule has 1 aromatic rings. The first-order valence-electron chi connectivity index (χ1n) is 4.84. The Bertz CT molecular complexity index is 499. The molecule has 5 nitrogen and oxygen atoms in total. The zero-order chi connectivity index (χ0) is 11.8. The molecule has 1 fully saturated rings. The second kappa shape index (κ2) is 4.21. The van der Waals surface area contributed by atoms with Gasteiger partial charge in [-0.05, 0) is 28.4 Å². The molecule has 1 aliphatic rings. The Balaban J connectivity index is 2.36. The second-order valence-electron chi connectivity index (χ2n) is 3.74. The lowest BCUT2D eigenvalue weighted by atomic mass is 10.2. The molecule has 0 amide bonds. The Kier molecular flexibility index (Phi) is 3.07. The Morgan fingerprint density at radius 3 is 2.69 bits per heavy atom. The lowest BCUT2D eigenvalue weighted by molar-refractivity contribution is 0.604. The van der Waals surface area contributed by atoms with Gasteiger partial charge in [0.2, 0.25) is 10.0 Å². The van der Waals surface area contributed by atoms with E-state index in [1.165, 1.54) is 0 Å². The molecule has 7 heteroatoms. The number of pyridine rings is 1. The highest BCUT2D eigenvalue weighted by Crippen LogP contribution is 2.29. The van der Waals surface area contributed by atoms with Crippen molar-refractivity contribution in [1.82, 2.24) is 4.98 Å². The summed E-state index contributed by atoms with van der Waals surface area (Å²) < 4.78 is 25.7. The minimum Gasteiger partial charge on any atom is -0.355 e. The quantitative estimate of drug-likeness (QED) is 0.917. The fourth-order valence-corrected chi connectivity index (χ4v) is 2.37. The molecule has 1 aliphatic heterocycles. The highest BCUT2D eigenvalue weighted by molar-refractivity contribution is 9.10. The number of hydrogen-bond donors (Lipinski definition) is 1. The van der Waals surface area contributed by atoms with Crippen LogP contribution in [0.4, 0.5) is 11.5 Å². The molecule has 0 spiro atoms. The molecule has 88 valence electrons. The largest absolute Gasteiger partial charge is 0.355 e. The summed E-state index contributed by atoms with van der Waals surface area (Å²) in [5, 5.41) is 0. The van der Waals surface area contributed by atoms with Crippen molar-refractivity contribution in [2.75, 3.05) is 29.0 Å². The van der Waals surface area contributed by atoms with Gasteiger partial charge in [-0.3, -0.25) is 4.72 Å². The Morgan fingerprint density at radius 2 is 2.19 bits per heavy atom. The first kappa shape index (κ1) is 11.7. The highest BCUT2D eigenvalue weighted by Gasteiger charge is 2.20. The summed E-state index contributed by atoms with van der Waals surface area (Å²) in [6, 6.07) is 1.72. The predicted molar refractivity (Wildman–Crippen MR) is 67.2 cm³/mol. The topological polar surface area (TPSA) is 62.3 Å². The van der Waals surface area contributed by atoms with Crippen molar-refractivity contribution in [1.29, 1.82) is 0 Å². The number of nitrogens with one attached hydrogen (secondary N) is 1. The van der Waals surface area contributed by atoms with Gasteiger partial charge in [0, 0.05) is 23.8 Å². The van der Waals surface area contributed by atoms with Crippen LogP contribution in [0.25, 0.3) is 0 Å². The van der Waals surface area contributed by atoms with E-state index < -0.39 is 10.0 Å². The zero-order valence-electron chi connectivity index (χ0n) is 8.77. The SMILES string of the molecule is CS(=O)(=O)Nc1cc(Br)cnc1N1CCC1. The third-order valence-corrected chi connectivity index (χ3v) is 3.31. The third-order valence-electron chi connectivity index (χ3n) is 2.28. The molecule has 0 atom stereocenters. The zero-order valence-corrected chi connectivity index (χ0v) is 11.2. The summed E-state index contributed by atoms with van der Waals surface area (Å²) in [5.41, 5.74) is 0.525. The third kappa shape index (κ3) is 2.65. The van der Waals surface area contributed by atoms with Crippen LogP contribution in [0.1, 0.15) is 6.42 Å². The van der Waals surface area contributed by atoms with Crippen molar-refractivity contribution >= 4 is 37.5 Å². The Hall–Kier alpha value is -0.820. The second-order valence-corrected chi connectivity index (χ2v) is 6.40. The van der Waals surface area contributed by atoms with Crippen molar-refractivity contribution in [2.45, 2.75) is 6.42 Å². The first-order chi connectivity index (χ1) is 7.46. The maximum atomic E-state index is 11.2. The molecule has 0 saturated carbocycles. The van der Waals surface area contributed by atoms with Gasteiger partial charge in [0.1, 0.15) is 0 Å². The highest BCUT2D eigenvalue weighted by atomic mass is 79.9. The summed E-state index contributed by atoms with van der Waals surface area (Å²) in [6.45, 7) is 1.85. The fraction of sp³-hybridized carbons (Fsp3) is 0.444. The van der Waals surface area contributed by atoms with Crippen LogP contribution in [0.5, 0.6) is 0 Å². The van der Waals surface area contributed by atoms with E-state index in [9.17, 15) is 8.42 Å². The van der Waals surface area contributed by atoms with Gasteiger partial charge in [-0.25, -0.2) is 13.4 Å². The minimum absolute atomic E-state index is 0.525. The van der Waals surface area contributed by atoms with Crippen molar-refractivity contribution in [3.63, 3.8) is 0 Å². The molecular formula is C9H12BrN3O2S. The summed E-state index contributed by atoms with van der Waals surface area (Å²) in [4.78, 5) is 6.28. The minimum atomic E-state index is -3.27. The number of halogens is 1. The van der Waals surface area contributed by atoms with E-state index in [1.54, 1.807) is 12.3 Å². The number of rotatable bonds is 3. The normalized spacial score (nSPS) is 15.8. The fourth-order valence-electron chi connectivity index (χ4n) is 1.49. The lowest BCUT2D eigenvalue weighted by Gasteiger charge is -2.33. The molecule has 0 radical (unpaired) electrons. The van der Waals surface area contributed by atoms with Crippen LogP contribution >= 0.6 is 15.9 Å². The first-order valence-corrected chi connectivity index (χ1v) is 7.52. The number of anilines is 2. The predicted octanol–water partition coefficient (Wildman–Crippen LogP) is 1.43. The van der Waals surface area contributed by atoms with Crippen LogP contribution in [0.3, 0.4) is 0 Å². The summed E-state index contributed by atoms with van der Waals surface area (Å²) in [5.74, 6) is 0.694. The van der Waals surface area contributed by atoms with Crippen molar-refractivity contribution in [3.8, 4) is 0 Å².